The standard InChI is InChI=1S/C32H30NO4S.CH3.Zn/c1-23-13-16-27(17-14-23)38(34,35)33-32-24(2)15-18-28-29(36-21-25-9-5-3-6-10-25)19-20-30(31(28)32)37-22-26-11-7-4-8-12-26;;/h3-20,24,32H,21-22H2,1-2H3;1H3;/q2*-1;+2/t24-,32-;;/m0../s1. The first kappa shape index (κ1) is 31.3. The summed E-state index contributed by atoms with van der Waals surface area (Å²) in [5, 5.41) is 0. The number of fused-ring (bicyclic) bond motifs is 1. The minimum atomic E-state index is -3.91. The Kier molecular flexibility index (Phi) is 10.9. The molecule has 5 rings (SSSR count). The van der Waals surface area contributed by atoms with E-state index in [2.05, 4.69) is 4.72 Å². The van der Waals surface area contributed by atoms with Crippen molar-refractivity contribution in [1.82, 2.24) is 0 Å². The molecule has 0 fully saturated rings. The van der Waals surface area contributed by atoms with Crippen molar-refractivity contribution in [1.29, 1.82) is 0 Å². The predicted octanol–water partition coefficient (Wildman–Crippen LogP) is 8.07. The van der Waals surface area contributed by atoms with Crippen LogP contribution in [-0.2, 0) is 42.7 Å². The van der Waals surface area contributed by atoms with Gasteiger partial charge in [0.2, 0.25) is 0 Å². The Balaban J connectivity index is 0.00000220. The molecule has 0 aliphatic heterocycles. The molecular formula is C33H33NO4SZn. The van der Waals surface area contributed by atoms with E-state index < -0.39 is 16.1 Å². The molecule has 1 aliphatic rings. The van der Waals surface area contributed by atoms with Gasteiger partial charge in [0.25, 0.3) is 0 Å². The van der Waals surface area contributed by atoms with E-state index in [0.29, 0.717) is 24.7 Å². The zero-order valence-corrected chi connectivity index (χ0v) is 26.9. The molecule has 1 aliphatic carbocycles. The molecule has 0 spiro atoms. The molecule has 0 saturated heterocycles. The van der Waals surface area contributed by atoms with Crippen LogP contribution < -0.4 is 9.47 Å². The number of hydrogen-bond acceptors (Lipinski definition) is 4. The van der Waals surface area contributed by atoms with E-state index in [1.54, 1.807) is 24.3 Å². The van der Waals surface area contributed by atoms with Gasteiger partial charge in [-0.15, -0.1) is 0 Å². The van der Waals surface area contributed by atoms with Gasteiger partial charge in [0.05, 0.1) is 0 Å². The van der Waals surface area contributed by atoms with E-state index in [1.807, 2.05) is 98.8 Å². The first-order valence-corrected chi connectivity index (χ1v) is 14.1. The van der Waals surface area contributed by atoms with E-state index >= 15 is 0 Å². The third-order valence-corrected chi connectivity index (χ3v) is 7.99. The first-order valence-electron chi connectivity index (χ1n) is 12.6. The summed E-state index contributed by atoms with van der Waals surface area (Å²) in [6.07, 6.45) is 3.97. The van der Waals surface area contributed by atoms with Crippen molar-refractivity contribution in [3.8, 4) is 11.5 Å². The fourth-order valence-corrected chi connectivity index (χ4v) is 5.68. The molecular weight excluding hydrogens is 572 g/mol. The molecule has 202 valence electrons. The van der Waals surface area contributed by atoms with Crippen molar-refractivity contribution in [2.24, 2.45) is 5.92 Å². The Bertz CT molecular complexity index is 1520. The number of benzene rings is 4. The van der Waals surface area contributed by atoms with Crippen LogP contribution in [0.15, 0.2) is 108 Å². The van der Waals surface area contributed by atoms with Gasteiger partial charge < -0.3 is 21.6 Å². The summed E-state index contributed by atoms with van der Waals surface area (Å²) in [7, 11) is -3.91. The van der Waals surface area contributed by atoms with Gasteiger partial charge >= 0.3 is 19.5 Å². The largest absolute Gasteiger partial charge is 2.00 e. The van der Waals surface area contributed by atoms with Crippen LogP contribution >= 0.6 is 0 Å². The van der Waals surface area contributed by atoms with Crippen LogP contribution in [0.3, 0.4) is 0 Å². The maximum absolute atomic E-state index is 13.4. The van der Waals surface area contributed by atoms with Crippen LogP contribution in [0, 0.1) is 20.3 Å². The molecule has 0 heterocycles. The Morgan fingerprint density at radius 1 is 0.750 bits per heavy atom. The predicted molar refractivity (Wildman–Crippen MR) is 157 cm³/mol. The molecule has 4 aromatic carbocycles. The van der Waals surface area contributed by atoms with E-state index in [0.717, 1.165) is 27.8 Å². The average Bonchev–Trinajstić information content (AvgIpc) is 2.93. The topological polar surface area (TPSA) is 66.7 Å². The fourth-order valence-electron chi connectivity index (χ4n) is 4.48. The van der Waals surface area contributed by atoms with Crippen LogP contribution in [0.4, 0.5) is 0 Å². The zero-order valence-electron chi connectivity index (χ0n) is 23.2. The second kappa shape index (κ2) is 13.9. The smallest absolute Gasteiger partial charge is 0.538 e. The van der Waals surface area contributed by atoms with Gasteiger partial charge in [-0.3, -0.25) is 0 Å². The summed E-state index contributed by atoms with van der Waals surface area (Å²) in [6.45, 7) is 4.64. The van der Waals surface area contributed by atoms with Crippen LogP contribution in [0.25, 0.3) is 10.8 Å². The van der Waals surface area contributed by atoms with Crippen molar-refractivity contribution < 1.29 is 37.4 Å². The SMILES string of the molecule is Cc1ccc(S(=O)(=O)[N-][C@@H]2c3c(OCc4ccccc4)ccc(OCc4ccccc4)c3C=C[C@@H]2C)cc1.[CH3-].[Zn+2]. The molecule has 0 bridgehead atoms. The molecule has 0 aromatic heterocycles. The Labute approximate surface area is 251 Å². The van der Waals surface area contributed by atoms with Gasteiger partial charge in [-0.05, 0) is 53.8 Å². The third-order valence-electron chi connectivity index (χ3n) is 6.61. The van der Waals surface area contributed by atoms with E-state index in [4.69, 9.17) is 9.47 Å². The average molecular weight is 605 g/mol. The summed E-state index contributed by atoms with van der Waals surface area (Å²) in [5.74, 6) is 1.10. The second-order valence-corrected chi connectivity index (χ2v) is 11.1. The quantitative estimate of drug-likeness (QED) is 0.143. The molecule has 0 saturated carbocycles. The monoisotopic (exact) mass is 603 g/mol. The number of sulfonamides is 1. The van der Waals surface area contributed by atoms with Gasteiger partial charge in [0.15, 0.2) is 0 Å². The van der Waals surface area contributed by atoms with Crippen molar-refractivity contribution in [3.63, 3.8) is 0 Å². The van der Waals surface area contributed by atoms with Crippen molar-refractivity contribution in [2.45, 2.75) is 38.0 Å². The van der Waals surface area contributed by atoms with Crippen molar-refractivity contribution >= 4 is 16.1 Å². The second-order valence-electron chi connectivity index (χ2n) is 9.49. The van der Waals surface area contributed by atoms with Crippen LogP contribution in [0.1, 0.15) is 40.8 Å². The third kappa shape index (κ3) is 7.28. The summed E-state index contributed by atoms with van der Waals surface area (Å²) < 4.78 is 43.7. The number of aryl methyl sites for hydroxylation is 1. The Morgan fingerprint density at radius 3 is 1.85 bits per heavy atom. The molecule has 40 heavy (non-hydrogen) atoms. The normalized spacial score (nSPS) is 15.8. The maximum atomic E-state index is 13.4. The Morgan fingerprint density at radius 2 is 1.27 bits per heavy atom. The summed E-state index contributed by atoms with van der Waals surface area (Å²) in [5.41, 5.74) is 4.56. The molecule has 0 unspecified atom stereocenters. The molecule has 0 radical (unpaired) electrons. The molecule has 7 heteroatoms. The van der Waals surface area contributed by atoms with Crippen molar-refractivity contribution in [2.75, 3.05) is 0 Å². The number of nitrogens with zero attached hydrogens (tertiary/aromatic N) is 1. The zero-order chi connectivity index (χ0) is 26.5. The Hall–Kier alpha value is -3.25. The van der Waals surface area contributed by atoms with E-state index in [-0.39, 0.29) is 37.7 Å². The fraction of sp³-hybridized carbons (Fsp3) is 0.182. The molecule has 4 aromatic rings. The van der Waals surface area contributed by atoms with Crippen LogP contribution in [0.2, 0.25) is 0 Å². The van der Waals surface area contributed by atoms with Gasteiger partial charge in [-0.25, -0.2) is 8.42 Å². The summed E-state index contributed by atoms with van der Waals surface area (Å²) in [6, 6.07) is 29.7. The maximum Gasteiger partial charge on any atom is 2.00 e. The number of rotatable bonds is 9. The molecule has 2 atom stereocenters. The molecule has 0 amide bonds. The van der Waals surface area contributed by atoms with E-state index in [9.17, 15) is 8.42 Å². The van der Waals surface area contributed by atoms with Crippen LogP contribution in [-0.4, -0.2) is 8.42 Å². The van der Waals surface area contributed by atoms with Gasteiger partial charge in [0, 0.05) is 10.5 Å². The molecule has 0 N–H and O–H groups in total. The molecule has 5 nitrogen and oxygen atoms in total. The van der Waals surface area contributed by atoms with E-state index in [1.165, 1.54) is 0 Å². The van der Waals surface area contributed by atoms with Crippen molar-refractivity contribution in [3.05, 3.63) is 143 Å². The minimum absolute atomic E-state index is 0. The minimum Gasteiger partial charge on any atom is -0.538 e. The van der Waals surface area contributed by atoms with Gasteiger partial charge in [-0.2, -0.15) is 0 Å². The van der Waals surface area contributed by atoms with Crippen LogP contribution in [0.5, 0.6) is 11.5 Å². The number of hydrogen-bond donors (Lipinski definition) is 0. The van der Waals surface area contributed by atoms with Gasteiger partial charge in [0.1, 0.15) is 34.7 Å². The first-order chi connectivity index (χ1) is 18.4. The summed E-state index contributed by atoms with van der Waals surface area (Å²) in [4.78, 5) is 0.176. The summed E-state index contributed by atoms with van der Waals surface area (Å²) >= 11 is 0. The number of ether oxygens (including phenoxy) is 2. The van der Waals surface area contributed by atoms with Gasteiger partial charge in [-0.1, -0.05) is 103 Å².